The molecule has 1 aromatic heterocycles. The van der Waals surface area contributed by atoms with Crippen LogP contribution in [0.5, 0.6) is 5.75 Å². The molecule has 3 aromatic rings. The van der Waals surface area contributed by atoms with E-state index in [0.717, 1.165) is 0 Å². The maximum Gasteiger partial charge on any atom is 0.334 e. The zero-order valence-electron chi connectivity index (χ0n) is 14.9. The van der Waals surface area contributed by atoms with Crippen molar-refractivity contribution >= 4 is 28.5 Å². The molecule has 0 aliphatic heterocycles. The second-order valence-electron chi connectivity index (χ2n) is 5.60. The lowest BCUT2D eigenvalue weighted by atomic mass is 10.1. The Balaban J connectivity index is 2.01. The van der Waals surface area contributed by atoms with E-state index in [1.165, 1.54) is 0 Å². The van der Waals surface area contributed by atoms with E-state index in [1.54, 1.807) is 56.5 Å². The summed E-state index contributed by atoms with van der Waals surface area (Å²) < 4.78 is 10.8. The number of hydrogen-bond acceptors (Lipinski definition) is 6. The molecule has 0 unspecified atom stereocenters. The van der Waals surface area contributed by atoms with Gasteiger partial charge in [0.2, 0.25) is 0 Å². The number of rotatable bonds is 5. The number of carbonyl (C=O) groups excluding carboxylic acids is 2. The Morgan fingerprint density at radius 1 is 1.11 bits per heavy atom. The SMILES string of the molecule is CCC(=O)O/N=c1/oc2ccccc2cc1C(=O)Nc1cccc(OC)c1. The van der Waals surface area contributed by atoms with Gasteiger partial charge in [-0.25, -0.2) is 4.79 Å². The Hall–Kier alpha value is -3.61. The minimum atomic E-state index is -0.530. The van der Waals surface area contributed by atoms with Gasteiger partial charge in [-0.05, 0) is 29.4 Å². The highest BCUT2D eigenvalue weighted by atomic mass is 16.7. The van der Waals surface area contributed by atoms with E-state index in [1.807, 2.05) is 12.1 Å². The third kappa shape index (κ3) is 4.33. The molecule has 0 radical (unpaired) electrons. The molecule has 0 saturated heterocycles. The van der Waals surface area contributed by atoms with E-state index >= 15 is 0 Å². The fraction of sp³-hybridized carbons (Fsp3) is 0.150. The molecule has 0 aliphatic rings. The standard InChI is InChI=1S/C20H18N2O5/c1-3-18(23)27-22-20-16(11-13-7-4-5-10-17(13)26-20)19(24)21-14-8-6-9-15(12-14)25-2/h4-12H,3H2,1-2H3,(H,21,24)/b22-20+. The predicted octanol–water partition coefficient (Wildman–Crippen LogP) is 3.46. The molecular weight excluding hydrogens is 348 g/mol. The molecule has 2 aromatic carbocycles. The quantitative estimate of drug-likeness (QED) is 0.552. The highest BCUT2D eigenvalue weighted by molar-refractivity contribution is 6.05. The van der Waals surface area contributed by atoms with Crippen molar-refractivity contribution in [2.45, 2.75) is 13.3 Å². The molecule has 0 aliphatic carbocycles. The van der Waals surface area contributed by atoms with Gasteiger partial charge in [0, 0.05) is 23.6 Å². The summed E-state index contributed by atoms with van der Waals surface area (Å²) in [5, 5.41) is 7.20. The Morgan fingerprint density at radius 2 is 1.93 bits per heavy atom. The maximum atomic E-state index is 12.8. The lowest BCUT2D eigenvalue weighted by Gasteiger charge is -2.08. The van der Waals surface area contributed by atoms with Crippen molar-refractivity contribution in [3.8, 4) is 5.75 Å². The van der Waals surface area contributed by atoms with Gasteiger partial charge in [-0.15, -0.1) is 0 Å². The molecule has 138 valence electrons. The van der Waals surface area contributed by atoms with E-state index in [4.69, 9.17) is 14.0 Å². The first-order valence-electron chi connectivity index (χ1n) is 8.33. The fourth-order valence-electron chi connectivity index (χ4n) is 2.36. The number of hydrogen-bond donors (Lipinski definition) is 1. The van der Waals surface area contributed by atoms with E-state index < -0.39 is 11.9 Å². The van der Waals surface area contributed by atoms with Crippen molar-refractivity contribution in [2.24, 2.45) is 5.16 Å². The van der Waals surface area contributed by atoms with Crippen LogP contribution in [0.3, 0.4) is 0 Å². The normalized spacial score (nSPS) is 11.3. The molecule has 1 amide bonds. The van der Waals surface area contributed by atoms with Gasteiger partial charge < -0.3 is 19.3 Å². The predicted molar refractivity (Wildman–Crippen MR) is 99.1 cm³/mol. The Morgan fingerprint density at radius 3 is 2.70 bits per heavy atom. The second kappa shape index (κ2) is 8.18. The first-order chi connectivity index (χ1) is 13.1. The van der Waals surface area contributed by atoms with Gasteiger partial charge in [0.15, 0.2) is 0 Å². The van der Waals surface area contributed by atoms with Crippen molar-refractivity contribution in [3.63, 3.8) is 0 Å². The summed E-state index contributed by atoms with van der Waals surface area (Å²) in [4.78, 5) is 29.0. The van der Waals surface area contributed by atoms with Gasteiger partial charge in [0.25, 0.3) is 11.5 Å². The molecule has 1 heterocycles. The van der Waals surface area contributed by atoms with Crippen LogP contribution in [-0.4, -0.2) is 19.0 Å². The fourth-order valence-corrected chi connectivity index (χ4v) is 2.36. The number of benzene rings is 2. The largest absolute Gasteiger partial charge is 0.497 e. The van der Waals surface area contributed by atoms with Crippen molar-refractivity contribution in [2.75, 3.05) is 12.4 Å². The molecule has 7 heteroatoms. The Bertz CT molecular complexity index is 1060. The third-order valence-electron chi connectivity index (χ3n) is 3.75. The zero-order chi connectivity index (χ0) is 19.2. The number of para-hydroxylation sites is 1. The van der Waals surface area contributed by atoms with Crippen LogP contribution in [0.1, 0.15) is 23.7 Å². The number of carbonyl (C=O) groups is 2. The molecule has 1 N–H and O–H groups in total. The highest BCUT2D eigenvalue weighted by Crippen LogP contribution is 2.18. The lowest BCUT2D eigenvalue weighted by Crippen LogP contribution is -2.22. The minimum Gasteiger partial charge on any atom is -0.497 e. The summed E-state index contributed by atoms with van der Waals surface area (Å²) in [6.45, 7) is 1.64. The molecule has 0 spiro atoms. The average molecular weight is 366 g/mol. The smallest absolute Gasteiger partial charge is 0.334 e. The molecule has 27 heavy (non-hydrogen) atoms. The van der Waals surface area contributed by atoms with Crippen LogP contribution in [0, 0.1) is 0 Å². The summed E-state index contributed by atoms with van der Waals surface area (Å²) in [6.07, 6.45) is 0.155. The van der Waals surface area contributed by atoms with Gasteiger partial charge in [-0.2, -0.15) is 0 Å². The molecule has 0 bridgehead atoms. The van der Waals surface area contributed by atoms with Crippen LogP contribution in [0.2, 0.25) is 0 Å². The topological polar surface area (TPSA) is 90.1 Å². The Kier molecular flexibility index (Phi) is 5.51. The molecule has 0 saturated carbocycles. The van der Waals surface area contributed by atoms with Crippen LogP contribution in [-0.2, 0) is 9.63 Å². The molecule has 3 rings (SSSR count). The van der Waals surface area contributed by atoms with Gasteiger partial charge in [0.1, 0.15) is 16.9 Å². The van der Waals surface area contributed by atoms with Crippen molar-refractivity contribution in [3.05, 3.63) is 65.7 Å². The summed E-state index contributed by atoms with van der Waals surface area (Å²) in [5.74, 6) is -0.376. The highest BCUT2D eigenvalue weighted by Gasteiger charge is 2.14. The van der Waals surface area contributed by atoms with Crippen molar-refractivity contribution in [1.29, 1.82) is 0 Å². The van der Waals surface area contributed by atoms with Crippen LogP contribution in [0.4, 0.5) is 5.69 Å². The van der Waals surface area contributed by atoms with E-state index in [0.29, 0.717) is 22.4 Å². The van der Waals surface area contributed by atoms with Gasteiger partial charge in [-0.1, -0.05) is 31.2 Å². The van der Waals surface area contributed by atoms with Crippen molar-refractivity contribution < 1.29 is 23.6 Å². The van der Waals surface area contributed by atoms with Gasteiger partial charge in [-0.3, -0.25) is 4.79 Å². The number of methoxy groups -OCH3 is 1. The number of nitrogens with zero attached hydrogens (tertiary/aromatic N) is 1. The van der Waals surface area contributed by atoms with Crippen LogP contribution in [0.25, 0.3) is 11.0 Å². The van der Waals surface area contributed by atoms with E-state index in [2.05, 4.69) is 10.5 Å². The monoisotopic (exact) mass is 366 g/mol. The third-order valence-corrected chi connectivity index (χ3v) is 3.75. The molecular formula is C20H18N2O5. The summed E-state index contributed by atoms with van der Waals surface area (Å²) in [6, 6.07) is 15.7. The average Bonchev–Trinajstić information content (AvgIpc) is 2.71. The first-order valence-corrected chi connectivity index (χ1v) is 8.33. The first kappa shape index (κ1) is 18.2. The lowest BCUT2D eigenvalue weighted by molar-refractivity contribution is -0.144. The number of ether oxygens (including phenoxy) is 1. The summed E-state index contributed by atoms with van der Waals surface area (Å²) in [7, 11) is 1.54. The molecule has 0 fully saturated rings. The summed E-state index contributed by atoms with van der Waals surface area (Å²) in [5.41, 5.74) is 1.11. The summed E-state index contributed by atoms with van der Waals surface area (Å²) >= 11 is 0. The molecule has 0 atom stereocenters. The van der Waals surface area contributed by atoms with Crippen LogP contribution in [0.15, 0.2) is 64.2 Å². The number of fused-ring (bicyclic) bond motifs is 1. The number of nitrogens with one attached hydrogen (secondary N) is 1. The Labute approximate surface area is 155 Å². The van der Waals surface area contributed by atoms with Crippen LogP contribution < -0.4 is 15.6 Å². The van der Waals surface area contributed by atoms with Gasteiger partial charge in [0.05, 0.1) is 7.11 Å². The minimum absolute atomic E-state index is 0.0871. The zero-order valence-corrected chi connectivity index (χ0v) is 14.9. The maximum absolute atomic E-state index is 12.8. The van der Waals surface area contributed by atoms with E-state index in [-0.39, 0.29) is 17.5 Å². The second-order valence-corrected chi connectivity index (χ2v) is 5.60. The number of amides is 1. The van der Waals surface area contributed by atoms with Crippen molar-refractivity contribution in [1.82, 2.24) is 0 Å². The van der Waals surface area contributed by atoms with E-state index in [9.17, 15) is 9.59 Å². The molecule has 7 nitrogen and oxygen atoms in total. The van der Waals surface area contributed by atoms with Crippen LogP contribution >= 0.6 is 0 Å². The number of anilines is 1. The van der Waals surface area contributed by atoms with Gasteiger partial charge >= 0.3 is 5.97 Å².